The summed E-state index contributed by atoms with van der Waals surface area (Å²) in [6, 6.07) is 5.31. The highest BCUT2D eigenvalue weighted by Crippen LogP contribution is 2.26. The van der Waals surface area contributed by atoms with Crippen LogP contribution in [0.5, 0.6) is 0 Å². The zero-order valence-corrected chi connectivity index (χ0v) is 16.2. The predicted molar refractivity (Wildman–Crippen MR) is 99.5 cm³/mol. The number of carbonyl (C=O) groups is 1. The van der Waals surface area contributed by atoms with Gasteiger partial charge in [0.05, 0.1) is 12.2 Å². The predicted octanol–water partition coefficient (Wildman–Crippen LogP) is 2.42. The summed E-state index contributed by atoms with van der Waals surface area (Å²) in [5.74, 6) is -0.614. The SMILES string of the molecule is Cc1c(Cl)cccc1NC(=O)C1CCCN(S(=O)(=O)c2cn(C)cn2)C1. The van der Waals surface area contributed by atoms with Gasteiger partial charge in [-0.25, -0.2) is 13.4 Å². The Morgan fingerprint density at radius 2 is 2.15 bits per heavy atom. The van der Waals surface area contributed by atoms with E-state index in [2.05, 4.69) is 10.3 Å². The third kappa shape index (κ3) is 3.77. The maximum atomic E-state index is 12.7. The Morgan fingerprint density at radius 3 is 2.85 bits per heavy atom. The number of piperidine rings is 1. The van der Waals surface area contributed by atoms with Crippen LogP contribution in [-0.4, -0.2) is 41.3 Å². The molecule has 3 rings (SSSR count). The molecule has 2 aromatic rings. The van der Waals surface area contributed by atoms with Crippen LogP contribution in [0.15, 0.2) is 35.7 Å². The lowest BCUT2D eigenvalue weighted by molar-refractivity contribution is -0.120. The summed E-state index contributed by atoms with van der Waals surface area (Å²) in [6.45, 7) is 2.36. The van der Waals surface area contributed by atoms with Crippen molar-refractivity contribution in [2.45, 2.75) is 24.8 Å². The van der Waals surface area contributed by atoms with E-state index in [1.807, 2.05) is 6.92 Å². The second-order valence-corrected chi connectivity index (χ2v) is 8.77. The van der Waals surface area contributed by atoms with E-state index in [1.54, 1.807) is 29.8 Å². The molecule has 1 aromatic heterocycles. The van der Waals surface area contributed by atoms with Crippen LogP contribution in [0.1, 0.15) is 18.4 Å². The molecule has 0 aliphatic carbocycles. The number of nitrogens with one attached hydrogen (secondary N) is 1. The Morgan fingerprint density at radius 1 is 1.38 bits per heavy atom. The molecule has 0 spiro atoms. The normalized spacial score (nSPS) is 18.7. The molecule has 0 saturated carbocycles. The molecule has 1 N–H and O–H groups in total. The van der Waals surface area contributed by atoms with Crippen molar-refractivity contribution in [2.75, 3.05) is 18.4 Å². The standard InChI is InChI=1S/C17H21ClN4O3S/c1-12-14(18)6-3-7-15(12)20-17(23)13-5-4-8-22(9-13)26(24,25)16-10-21(2)11-19-16/h3,6-7,10-11,13H,4-5,8-9H2,1-2H3,(H,20,23). The minimum Gasteiger partial charge on any atom is -0.339 e. The van der Waals surface area contributed by atoms with E-state index in [1.165, 1.54) is 16.8 Å². The van der Waals surface area contributed by atoms with Crippen LogP contribution in [0.25, 0.3) is 0 Å². The zero-order chi connectivity index (χ0) is 18.9. The number of hydrogen-bond acceptors (Lipinski definition) is 4. The summed E-state index contributed by atoms with van der Waals surface area (Å²) in [5.41, 5.74) is 1.43. The number of amides is 1. The molecule has 7 nitrogen and oxygen atoms in total. The van der Waals surface area contributed by atoms with Gasteiger partial charge in [-0.3, -0.25) is 4.79 Å². The Bertz CT molecular complexity index is 926. The highest BCUT2D eigenvalue weighted by molar-refractivity contribution is 7.89. The van der Waals surface area contributed by atoms with Gasteiger partial charge in [0.25, 0.3) is 10.0 Å². The van der Waals surface area contributed by atoms with Crippen LogP contribution >= 0.6 is 11.6 Å². The molecule has 0 radical (unpaired) electrons. The van der Waals surface area contributed by atoms with E-state index in [4.69, 9.17) is 11.6 Å². The van der Waals surface area contributed by atoms with E-state index in [9.17, 15) is 13.2 Å². The Hall–Kier alpha value is -1.90. The molecule has 140 valence electrons. The van der Waals surface area contributed by atoms with Crippen molar-refractivity contribution in [2.24, 2.45) is 13.0 Å². The Kier molecular flexibility index (Phi) is 5.36. The van der Waals surface area contributed by atoms with Crippen molar-refractivity contribution < 1.29 is 13.2 Å². The number of aryl methyl sites for hydroxylation is 1. The van der Waals surface area contributed by atoms with Gasteiger partial charge in [-0.1, -0.05) is 17.7 Å². The molecule has 1 saturated heterocycles. The first-order valence-electron chi connectivity index (χ1n) is 8.33. The minimum atomic E-state index is -3.70. The molecule has 1 atom stereocenters. The Labute approximate surface area is 158 Å². The third-order valence-corrected chi connectivity index (χ3v) is 6.73. The molecule has 1 aliphatic rings. The Balaban J connectivity index is 1.74. The van der Waals surface area contributed by atoms with Crippen LogP contribution < -0.4 is 5.32 Å². The number of hydrogen-bond donors (Lipinski definition) is 1. The van der Waals surface area contributed by atoms with Crippen molar-refractivity contribution in [1.82, 2.24) is 13.9 Å². The van der Waals surface area contributed by atoms with E-state index in [-0.39, 0.29) is 17.5 Å². The van der Waals surface area contributed by atoms with Crippen LogP contribution in [0.4, 0.5) is 5.69 Å². The fraction of sp³-hybridized carbons (Fsp3) is 0.412. The van der Waals surface area contributed by atoms with Gasteiger partial charge < -0.3 is 9.88 Å². The molecule has 1 aromatic carbocycles. The van der Waals surface area contributed by atoms with Crippen LogP contribution in [0.2, 0.25) is 5.02 Å². The lowest BCUT2D eigenvalue weighted by Crippen LogP contribution is -2.43. The maximum absolute atomic E-state index is 12.7. The van der Waals surface area contributed by atoms with Crippen molar-refractivity contribution in [3.63, 3.8) is 0 Å². The summed E-state index contributed by atoms with van der Waals surface area (Å²) in [6.07, 6.45) is 4.18. The van der Waals surface area contributed by atoms with E-state index in [0.29, 0.717) is 30.1 Å². The number of rotatable bonds is 4. The second kappa shape index (κ2) is 7.38. The van der Waals surface area contributed by atoms with E-state index >= 15 is 0 Å². The first-order chi connectivity index (χ1) is 12.3. The van der Waals surface area contributed by atoms with Gasteiger partial charge in [0, 0.05) is 37.0 Å². The van der Waals surface area contributed by atoms with Crippen molar-refractivity contribution in [3.8, 4) is 0 Å². The lowest BCUT2D eigenvalue weighted by atomic mass is 9.98. The average Bonchev–Trinajstić information content (AvgIpc) is 3.06. The van der Waals surface area contributed by atoms with Gasteiger partial charge in [-0.2, -0.15) is 4.31 Å². The van der Waals surface area contributed by atoms with Crippen molar-refractivity contribution >= 4 is 33.2 Å². The molecule has 26 heavy (non-hydrogen) atoms. The van der Waals surface area contributed by atoms with Gasteiger partial charge in [0.2, 0.25) is 5.91 Å². The minimum absolute atomic E-state index is 0.00624. The van der Waals surface area contributed by atoms with Gasteiger partial charge in [-0.05, 0) is 37.5 Å². The number of imidazole rings is 1. The molecule has 9 heteroatoms. The molecule has 1 fully saturated rings. The summed E-state index contributed by atoms with van der Waals surface area (Å²) < 4.78 is 28.4. The number of carbonyl (C=O) groups excluding carboxylic acids is 1. The highest BCUT2D eigenvalue weighted by atomic mass is 35.5. The van der Waals surface area contributed by atoms with Gasteiger partial charge in [-0.15, -0.1) is 0 Å². The van der Waals surface area contributed by atoms with Crippen molar-refractivity contribution in [3.05, 3.63) is 41.3 Å². The number of nitrogens with zero attached hydrogens (tertiary/aromatic N) is 3. The quantitative estimate of drug-likeness (QED) is 0.860. The fourth-order valence-corrected chi connectivity index (χ4v) is 4.67. The van der Waals surface area contributed by atoms with Crippen LogP contribution in [0, 0.1) is 12.8 Å². The van der Waals surface area contributed by atoms with Crippen LogP contribution in [0.3, 0.4) is 0 Å². The smallest absolute Gasteiger partial charge is 0.262 e. The average molecular weight is 397 g/mol. The maximum Gasteiger partial charge on any atom is 0.262 e. The topological polar surface area (TPSA) is 84.3 Å². The summed E-state index contributed by atoms with van der Waals surface area (Å²) in [4.78, 5) is 16.6. The van der Waals surface area contributed by atoms with Gasteiger partial charge in [0.15, 0.2) is 5.03 Å². The molecule has 1 amide bonds. The second-order valence-electron chi connectivity index (χ2n) is 6.48. The molecular formula is C17H21ClN4O3S. The van der Waals surface area contributed by atoms with E-state index in [0.717, 1.165) is 5.56 Å². The molecule has 1 aliphatic heterocycles. The first-order valence-corrected chi connectivity index (χ1v) is 10.1. The summed E-state index contributed by atoms with van der Waals surface area (Å²) in [5, 5.41) is 3.45. The van der Waals surface area contributed by atoms with Crippen LogP contribution in [-0.2, 0) is 21.9 Å². The number of benzene rings is 1. The van der Waals surface area contributed by atoms with E-state index < -0.39 is 15.9 Å². The number of sulfonamides is 1. The van der Waals surface area contributed by atoms with Gasteiger partial charge >= 0.3 is 0 Å². The molecular weight excluding hydrogens is 376 g/mol. The summed E-state index contributed by atoms with van der Waals surface area (Å²) in [7, 11) is -1.98. The number of anilines is 1. The molecule has 1 unspecified atom stereocenters. The molecule has 0 bridgehead atoms. The van der Waals surface area contributed by atoms with Gasteiger partial charge in [0.1, 0.15) is 0 Å². The zero-order valence-electron chi connectivity index (χ0n) is 14.6. The molecule has 2 heterocycles. The fourth-order valence-electron chi connectivity index (χ4n) is 3.01. The monoisotopic (exact) mass is 396 g/mol. The first kappa shape index (κ1) is 18.9. The van der Waals surface area contributed by atoms with Crippen molar-refractivity contribution in [1.29, 1.82) is 0 Å². The lowest BCUT2D eigenvalue weighted by Gasteiger charge is -2.30. The summed E-state index contributed by atoms with van der Waals surface area (Å²) >= 11 is 6.09. The number of halogens is 1. The third-order valence-electron chi connectivity index (χ3n) is 4.57. The highest BCUT2D eigenvalue weighted by Gasteiger charge is 2.34. The number of aromatic nitrogens is 2. The largest absolute Gasteiger partial charge is 0.339 e.